The van der Waals surface area contributed by atoms with Crippen molar-refractivity contribution in [2.24, 2.45) is 0 Å². The Morgan fingerprint density at radius 2 is 2.04 bits per heavy atom. The van der Waals surface area contributed by atoms with Crippen LogP contribution in [0.25, 0.3) is 11.0 Å². The highest BCUT2D eigenvalue weighted by Crippen LogP contribution is 2.19. The molecule has 0 fully saturated rings. The lowest BCUT2D eigenvalue weighted by Crippen LogP contribution is -2.25. The first kappa shape index (κ1) is 14.7. The second kappa shape index (κ2) is 5.53. The summed E-state index contributed by atoms with van der Waals surface area (Å²) in [6, 6.07) is 9.92. The molecule has 0 aliphatic carbocycles. The number of carbonyl (C=O) groups excluding carboxylic acids is 1. The number of aryl methyl sites for hydroxylation is 1. The van der Waals surface area contributed by atoms with Gasteiger partial charge in [-0.05, 0) is 19.1 Å². The third-order valence-electron chi connectivity index (χ3n) is 3.48. The van der Waals surface area contributed by atoms with Gasteiger partial charge in [0.15, 0.2) is 5.76 Å². The predicted octanol–water partition coefficient (Wildman–Crippen LogP) is 2.69. The van der Waals surface area contributed by atoms with Crippen LogP contribution >= 0.6 is 0 Å². The Labute approximate surface area is 129 Å². The van der Waals surface area contributed by atoms with Crippen LogP contribution in [0.3, 0.4) is 0 Å². The molecule has 7 heteroatoms. The first-order valence-electron chi connectivity index (χ1n) is 6.83. The van der Waals surface area contributed by atoms with Crippen molar-refractivity contribution in [3.05, 3.63) is 74.4 Å². The number of aromatic nitrogens is 1. The lowest BCUT2D eigenvalue weighted by Gasteiger charge is -2.04. The smallest absolute Gasteiger partial charge is 0.286 e. The molecule has 0 saturated carbocycles. The normalized spacial score (nSPS) is 10.8. The molecule has 3 aromatic rings. The SMILES string of the molecule is Cc1cc([N+](=O)[O-])cn(CC(=O)c2cc3ccccc3o2)c1=O. The minimum absolute atomic E-state index is 0.113. The predicted molar refractivity (Wildman–Crippen MR) is 82.6 cm³/mol. The molecule has 0 aliphatic rings. The van der Waals surface area contributed by atoms with E-state index in [0.717, 1.165) is 16.2 Å². The summed E-state index contributed by atoms with van der Waals surface area (Å²) in [6.07, 6.45) is 1.07. The molecule has 0 saturated heterocycles. The van der Waals surface area contributed by atoms with Crippen LogP contribution in [0.15, 0.2) is 51.8 Å². The Balaban J connectivity index is 1.96. The molecule has 0 amide bonds. The standard InChI is InChI=1S/C16H12N2O5/c1-10-6-12(18(21)22)8-17(16(10)20)9-13(19)15-7-11-4-2-3-5-14(11)23-15/h2-8H,9H2,1H3. The Morgan fingerprint density at radius 1 is 1.30 bits per heavy atom. The number of Topliss-reactive ketones (excluding diaryl/α,β-unsaturated/α-hetero) is 1. The van der Waals surface area contributed by atoms with Gasteiger partial charge in [-0.1, -0.05) is 18.2 Å². The van der Waals surface area contributed by atoms with Crippen molar-refractivity contribution >= 4 is 22.4 Å². The van der Waals surface area contributed by atoms with Gasteiger partial charge in [0.05, 0.1) is 17.7 Å². The minimum Gasteiger partial charge on any atom is -0.453 e. The number of ketones is 1. The van der Waals surface area contributed by atoms with Crippen LogP contribution in [0.1, 0.15) is 16.1 Å². The van der Waals surface area contributed by atoms with Gasteiger partial charge in [0.25, 0.3) is 11.2 Å². The minimum atomic E-state index is -0.603. The van der Waals surface area contributed by atoms with Crippen LogP contribution < -0.4 is 5.56 Å². The van der Waals surface area contributed by atoms with E-state index in [-0.39, 0.29) is 23.6 Å². The van der Waals surface area contributed by atoms with Gasteiger partial charge < -0.3 is 8.98 Å². The average molecular weight is 312 g/mol. The summed E-state index contributed by atoms with van der Waals surface area (Å²) < 4.78 is 6.48. The molecule has 0 spiro atoms. The highest BCUT2D eigenvalue weighted by molar-refractivity contribution is 5.97. The summed E-state index contributed by atoms with van der Waals surface area (Å²) in [5.74, 6) is -0.314. The van der Waals surface area contributed by atoms with Crippen LogP contribution in [0, 0.1) is 17.0 Å². The van der Waals surface area contributed by atoms with Crippen molar-refractivity contribution in [3.63, 3.8) is 0 Å². The van der Waals surface area contributed by atoms with Gasteiger partial charge in [-0.15, -0.1) is 0 Å². The second-order valence-corrected chi connectivity index (χ2v) is 5.14. The van der Waals surface area contributed by atoms with Crippen molar-refractivity contribution in [3.8, 4) is 0 Å². The summed E-state index contributed by atoms with van der Waals surface area (Å²) in [6.45, 7) is 1.15. The van der Waals surface area contributed by atoms with Gasteiger partial charge in [0, 0.05) is 17.0 Å². The maximum absolute atomic E-state index is 12.3. The monoisotopic (exact) mass is 312 g/mol. The number of carbonyl (C=O) groups is 1. The largest absolute Gasteiger partial charge is 0.453 e. The third kappa shape index (κ3) is 2.76. The summed E-state index contributed by atoms with van der Waals surface area (Å²) in [4.78, 5) is 34.6. The van der Waals surface area contributed by atoms with E-state index < -0.39 is 16.3 Å². The molecule has 0 bridgehead atoms. The third-order valence-corrected chi connectivity index (χ3v) is 3.48. The van der Waals surface area contributed by atoms with E-state index in [1.807, 2.05) is 6.07 Å². The van der Waals surface area contributed by atoms with Crippen molar-refractivity contribution < 1.29 is 14.1 Å². The molecule has 2 heterocycles. The van der Waals surface area contributed by atoms with Gasteiger partial charge in [-0.25, -0.2) is 0 Å². The molecule has 7 nitrogen and oxygen atoms in total. The lowest BCUT2D eigenvalue weighted by atomic mass is 10.2. The topological polar surface area (TPSA) is 95.3 Å². The Morgan fingerprint density at radius 3 is 2.74 bits per heavy atom. The van der Waals surface area contributed by atoms with Crippen LogP contribution in [0.2, 0.25) is 0 Å². The molecule has 1 aromatic carbocycles. The number of furan rings is 1. The van der Waals surface area contributed by atoms with E-state index in [9.17, 15) is 19.7 Å². The molecule has 3 rings (SSSR count). The van der Waals surface area contributed by atoms with Gasteiger partial charge in [-0.2, -0.15) is 0 Å². The zero-order chi connectivity index (χ0) is 16.6. The molecule has 23 heavy (non-hydrogen) atoms. The molecule has 0 unspecified atom stereocenters. The van der Waals surface area contributed by atoms with Gasteiger partial charge >= 0.3 is 0 Å². The van der Waals surface area contributed by atoms with Crippen LogP contribution in [0.4, 0.5) is 5.69 Å². The van der Waals surface area contributed by atoms with Crippen molar-refractivity contribution in [2.75, 3.05) is 0 Å². The van der Waals surface area contributed by atoms with Crippen LogP contribution in [-0.2, 0) is 6.54 Å². The summed E-state index contributed by atoms with van der Waals surface area (Å²) in [7, 11) is 0. The number of benzene rings is 1. The fourth-order valence-corrected chi connectivity index (χ4v) is 2.33. The quantitative estimate of drug-likeness (QED) is 0.419. The molecular formula is C16H12N2O5. The fourth-order valence-electron chi connectivity index (χ4n) is 2.33. The summed E-state index contributed by atoms with van der Waals surface area (Å²) in [5, 5.41) is 11.7. The number of para-hydroxylation sites is 1. The highest BCUT2D eigenvalue weighted by Gasteiger charge is 2.17. The zero-order valence-corrected chi connectivity index (χ0v) is 12.2. The van der Waals surface area contributed by atoms with Crippen LogP contribution in [-0.4, -0.2) is 15.3 Å². The first-order chi connectivity index (χ1) is 11.0. The Hall–Kier alpha value is -3.22. The number of hydrogen-bond acceptors (Lipinski definition) is 5. The van der Waals surface area contributed by atoms with E-state index in [4.69, 9.17) is 4.42 Å². The number of nitro groups is 1. The van der Waals surface area contributed by atoms with E-state index in [2.05, 4.69) is 0 Å². The van der Waals surface area contributed by atoms with E-state index >= 15 is 0 Å². The highest BCUT2D eigenvalue weighted by atomic mass is 16.6. The maximum Gasteiger partial charge on any atom is 0.286 e. The molecular weight excluding hydrogens is 300 g/mol. The Bertz CT molecular complexity index is 951. The molecule has 116 valence electrons. The average Bonchev–Trinajstić information content (AvgIpc) is 2.95. The molecule has 2 aromatic heterocycles. The number of pyridine rings is 1. The maximum atomic E-state index is 12.3. The van der Waals surface area contributed by atoms with Gasteiger partial charge in [0.2, 0.25) is 5.78 Å². The van der Waals surface area contributed by atoms with E-state index in [1.54, 1.807) is 24.3 Å². The molecule has 0 radical (unpaired) electrons. The number of fused-ring (bicyclic) bond motifs is 1. The number of rotatable bonds is 4. The van der Waals surface area contributed by atoms with Gasteiger partial charge in [-0.3, -0.25) is 19.7 Å². The second-order valence-electron chi connectivity index (χ2n) is 5.14. The summed E-state index contributed by atoms with van der Waals surface area (Å²) in [5.41, 5.74) is 0.0922. The number of nitrogens with zero attached hydrogens (tertiary/aromatic N) is 2. The van der Waals surface area contributed by atoms with Crippen molar-refractivity contribution in [1.82, 2.24) is 4.57 Å². The van der Waals surface area contributed by atoms with Gasteiger partial charge in [0.1, 0.15) is 5.58 Å². The zero-order valence-electron chi connectivity index (χ0n) is 12.2. The number of hydrogen-bond donors (Lipinski definition) is 0. The van der Waals surface area contributed by atoms with E-state index in [1.165, 1.54) is 13.0 Å². The fraction of sp³-hybridized carbons (Fsp3) is 0.125. The van der Waals surface area contributed by atoms with E-state index in [0.29, 0.717) is 5.58 Å². The Kier molecular flexibility index (Phi) is 3.53. The van der Waals surface area contributed by atoms with Crippen molar-refractivity contribution in [1.29, 1.82) is 0 Å². The van der Waals surface area contributed by atoms with Crippen molar-refractivity contribution in [2.45, 2.75) is 13.5 Å². The van der Waals surface area contributed by atoms with Crippen LogP contribution in [0.5, 0.6) is 0 Å². The molecule has 0 aliphatic heterocycles. The summed E-state index contributed by atoms with van der Waals surface area (Å²) >= 11 is 0. The molecule has 0 atom stereocenters. The lowest BCUT2D eigenvalue weighted by molar-refractivity contribution is -0.385. The molecule has 0 N–H and O–H groups in total. The first-order valence-corrected chi connectivity index (χ1v) is 6.83.